The van der Waals surface area contributed by atoms with Crippen LogP contribution >= 0.6 is 0 Å². The highest BCUT2D eigenvalue weighted by Crippen LogP contribution is 2.34. The van der Waals surface area contributed by atoms with Gasteiger partial charge in [0.2, 0.25) is 0 Å². The van der Waals surface area contributed by atoms with E-state index in [2.05, 4.69) is 30.3 Å². The van der Waals surface area contributed by atoms with Gasteiger partial charge in [-0.1, -0.05) is 74.4 Å². The van der Waals surface area contributed by atoms with Crippen LogP contribution in [0, 0.1) is 5.92 Å². The molecule has 196 valence electrons. The van der Waals surface area contributed by atoms with Gasteiger partial charge in [0.05, 0.1) is 12.1 Å². The average Bonchev–Trinajstić information content (AvgIpc) is 3.07. The van der Waals surface area contributed by atoms with Gasteiger partial charge in [0, 0.05) is 19.4 Å². The lowest BCUT2D eigenvalue weighted by Crippen LogP contribution is -2.36. The van der Waals surface area contributed by atoms with Gasteiger partial charge < -0.3 is 15.1 Å². The zero-order valence-corrected chi connectivity index (χ0v) is 20.9. The van der Waals surface area contributed by atoms with Crippen LogP contribution in [0.3, 0.4) is 0 Å². The van der Waals surface area contributed by atoms with Crippen LogP contribution in [0.15, 0.2) is 54.6 Å². The van der Waals surface area contributed by atoms with Crippen molar-refractivity contribution >= 4 is 22.6 Å². The predicted octanol–water partition coefficient (Wildman–Crippen LogP) is 5.99. The Bertz CT molecular complexity index is 1050. The van der Waals surface area contributed by atoms with E-state index in [1.54, 1.807) is 12.2 Å². The zero-order valence-electron chi connectivity index (χ0n) is 20.9. The fraction of sp³-hybridized carbons (Fsp3) is 0.517. The number of hydrogen-bond acceptors (Lipinski definition) is 3. The first-order valence-electron chi connectivity index (χ1n) is 12.9. The van der Waals surface area contributed by atoms with E-state index in [0.29, 0.717) is 25.7 Å². The largest absolute Gasteiger partial charge is 0.481 e. The van der Waals surface area contributed by atoms with Crippen LogP contribution in [0.4, 0.5) is 8.78 Å². The molecule has 0 aromatic heterocycles. The number of carbonyl (C=O) groups excluding carboxylic acids is 1. The van der Waals surface area contributed by atoms with E-state index in [-0.39, 0.29) is 18.9 Å². The second-order valence-corrected chi connectivity index (χ2v) is 9.96. The molecular weight excluding hydrogens is 464 g/mol. The van der Waals surface area contributed by atoms with Crippen LogP contribution < -0.4 is 0 Å². The van der Waals surface area contributed by atoms with Crippen molar-refractivity contribution in [3.63, 3.8) is 0 Å². The highest BCUT2D eigenvalue weighted by atomic mass is 19.3. The molecule has 1 aliphatic rings. The molecule has 2 N–H and O–H groups in total. The minimum atomic E-state index is -3.39. The Labute approximate surface area is 211 Å². The number of halogens is 2. The lowest BCUT2D eigenvalue weighted by Gasteiger charge is -2.22. The van der Waals surface area contributed by atoms with Gasteiger partial charge in [0.1, 0.15) is 0 Å². The summed E-state index contributed by atoms with van der Waals surface area (Å²) in [7, 11) is 0. The van der Waals surface area contributed by atoms with Crippen LogP contribution in [-0.4, -0.2) is 51.6 Å². The van der Waals surface area contributed by atoms with Crippen molar-refractivity contribution in [2.45, 2.75) is 82.8 Å². The van der Waals surface area contributed by atoms with E-state index < -0.39 is 36.4 Å². The molecule has 2 aromatic carbocycles. The molecule has 1 amide bonds. The number of alkyl halides is 2. The standard InChI is InChI=1S/C29H37F2NO4/c1-21(9-8-10-22-14-15-23-11-5-6-12-24(23)19-22)26(33)17-16-25-20-29(30,31)28(36)32(25)18-7-3-2-4-13-27(34)35/h5-6,11-12,14-17,19,21,25-26,33H,2-4,7-10,13,18,20H2,1H3,(H,34,35)/t21-,25-,26-/m0/s1. The molecule has 2 aromatic rings. The predicted molar refractivity (Wildman–Crippen MR) is 137 cm³/mol. The second-order valence-electron chi connectivity index (χ2n) is 9.96. The number of carboxylic acid groups (broad SMARTS) is 1. The van der Waals surface area contributed by atoms with Gasteiger partial charge in [-0.25, -0.2) is 0 Å². The zero-order chi connectivity index (χ0) is 26.1. The molecular formula is C29H37F2NO4. The fourth-order valence-corrected chi connectivity index (χ4v) is 4.80. The first kappa shape index (κ1) is 27.8. The molecule has 0 aliphatic carbocycles. The number of nitrogens with zero attached hydrogens (tertiary/aromatic N) is 1. The maximum Gasteiger partial charge on any atom is 0.327 e. The highest BCUT2D eigenvalue weighted by Gasteiger charge is 2.52. The number of aryl methyl sites for hydroxylation is 1. The summed E-state index contributed by atoms with van der Waals surface area (Å²) in [5, 5.41) is 21.7. The number of aliphatic hydroxyl groups is 1. The van der Waals surface area contributed by atoms with E-state index in [4.69, 9.17) is 5.11 Å². The lowest BCUT2D eigenvalue weighted by atomic mass is 9.95. The minimum Gasteiger partial charge on any atom is -0.481 e. The van der Waals surface area contributed by atoms with E-state index in [0.717, 1.165) is 19.3 Å². The van der Waals surface area contributed by atoms with Gasteiger partial charge in [-0.2, -0.15) is 8.78 Å². The number of amides is 1. The quantitative estimate of drug-likeness (QED) is 0.246. The molecule has 0 radical (unpaired) electrons. The normalized spacial score (nSPS) is 19.3. The van der Waals surface area contributed by atoms with Gasteiger partial charge in [-0.05, 0) is 54.4 Å². The summed E-state index contributed by atoms with van der Waals surface area (Å²) >= 11 is 0. The third-order valence-electron chi connectivity index (χ3n) is 7.03. The number of benzene rings is 2. The van der Waals surface area contributed by atoms with Crippen LogP contribution in [0.25, 0.3) is 10.8 Å². The SMILES string of the molecule is C[C@@H](CCCc1ccc2ccccc2c1)[C@@H](O)C=C[C@H]1CC(F)(F)C(=O)N1CCCCCCC(=O)O. The molecule has 1 heterocycles. The van der Waals surface area contributed by atoms with Crippen molar-refractivity contribution in [3.8, 4) is 0 Å². The Morgan fingerprint density at radius 1 is 1.11 bits per heavy atom. The summed E-state index contributed by atoms with van der Waals surface area (Å²) in [6.07, 6.45) is 6.86. The number of aliphatic carboxylic acids is 1. The molecule has 3 rings (SSSR count). The number of likely N-dealkylation sites (tertiary alicyclic amines) is 1. The van der Waals surface area contributed by atoms with Crippen molar-refractivity contribution in [3.05, 3.63) is 60.2 Å². The number of hydrogen-bond donors (Lipinski definition) is 2. The van der Waals surface area contributed by atoms with Gasteiger partial charge >= 0.3 is 11.9 Å². The Kier molecular flexibility index (Phi) is 9.99. The number of fused-ring (bicyclic) bond motifs is 1. The molecule has 0 spiro atoms. The molecule has 1 aliphatic heterocycles. The summed E-state index contributed by atoms with van der Waals surface area (Å²) in [6.45, 7) is 2.15. The Morgan fingerprint density at radius 2 is 1.83 bits per heavy atom. The molecule has 0 unspecified atom stereocenters. The highest BCUT2D eigenvalue weighted by molar-refractivity contribution is 5.86. The molecule has 36 heavy (non-hydrogen) atoms. The number of carboxylic acids is 1. The molecule has 1 fully saturated rings. The lowest BCUT2D eigenvalue weighted by molar-refractivity contribution is -0.148. The molecule has 0 saturated carbocycles. The van der Waals surface area contributed by atoms with Crippen molar-refractivity contribution < 1.29 is 28.6 Å². The number of unbranched alkanes of at least 4 members (excludes halogenated alkanes) is 3. The van der Waals surface area contributed by atoms with Gasteiger partial charge in [0.25, 0.3) is 5.91 Å². The van der Waals surface area contributed by atoms with Crippen molar-refractivity contribution in [1.29, 1.82) is 0 Å². The van der Waals surface area contributed by atoms with Gasteiger partial charge in [0.15, 0.2) is 0 Å². The Balaban J connectivity index is 1.46. The van der Waals surface area contributed by atoms with E-state index in [9.17, 15) is 23.5 Å². The van der Waals surface area contributed by atoms with E-state index >= 15 is 0 Å². The van der Waals surface area contributed by atoms with Crippen LogP contribution in [0.5, 0.6) is 0 Å². The summed E-state index contributed by atoms with van der Waals surface area (Å²) in [4.78, 5) is 24.0. The maximum atomic E-state index is 14.1. The topological polar surface area (TPSA) is 77.8 Å². The monoisotopic (exact) mass is 501 g/mol. The van der Waals surface area contributed by atoms with Crippen molar-refractivity contribution in [1.82, 2.24) is 4.90 Å². The van der Waals surface area contributed by atoms with E-state index in [1.165, 1.54) is 21.2 Å². The minimum absolute atomic E-state index is 0.0398. The molecule has 0 bridgehead atoms. The maximum absolute atomic E-state index is 14.1. The first-order chi connectivity index (χ1) is 17.2. The third kappa shape index (κ3) is 7.85. The molecule has 7 heteroatoms. The average molecular weight is 502 g/mol. The summed E-state index contributed by atoms with van der Waals surface area (Å²) < 4.78 is 28.2. The van der Waals surface area contributed by atoms with Crippen molar-refractivity contribution in [2.75, 3.05) is 6.54 Å². The van der Waals surface area contributed by atoms with Crippen LogP contribution in [-0.2, 0) is 16.0 Å². The molecule has 1 saturated heterocycles. The number of aliphatic hydroxyl groups excluding tert-OH is 1. The summed E-state index contributed by atoms with van der Waals surface area (Å²) in [5.74, 6) is -5.45. The summed E-state index contributed by atoms with van der Waals surface area (Å²) in [5.41, 5.74) is 1.25. The first-order valence-corrected chi connectivity index (χ1v) is 12.9. The van der Waals surface area contributed by atoms with Crippen molar-refractivity contribution in [2.24, 2.45) is 5.92 Å². The van der Waals surface area contributed by atoms with Gasteiger partial charge in [-0.3, -0.25) is 9.59 Å². The fourth-order valence-electron chi connectivity index (χ4n) is 4.80. The Hall–Kier alpha value is -2.80. The number of carbonyl (C=O) groups is 2. The number of rotatable bonds is 14. The van der Waals surface area contributed by atoms with Gasteiger partial charge in [-0.15, -0.1) is 0 Å². The van der Waals surface area contributed by atoms with E-state index in [1.807, 2.05) is 19.1 Å². The smallest absolute Gasteiger partial charge is 0.327 e. The Morgan fingerprint density at radius 3 is 2.58 bits per heavy atom. The third-order valence-corrected chi connectivity index (χ3v) is 7.03. The molecule has 5 nitrogen and oxygen atoms in total. The molecule has 3 atom stereocenters. The summed E-state index contributed by atoms with van der Waals surface area (Å²) in [6, 6.07) is 13.9. The van der Waals surface area contributed by atoms with Crippen LogP contribution in [0.2, 0.25) is 0 Å². The second kappa shape index (κ2) is 12.9. The van der Waals surface area contributed by atoms with Crippen LogP contribution in [0.1, 0.15) is 63.9 Å².